The summed E-state index contributed by atoms with van der Waals surface area (Å²) in [6.45, 7) is 1.84. The Bertz CT molecular complexity index is 363. The summed E-state index contributed by atoms with van der Waals surface area (Å²) < 4.78 is 5.13. The molecule has 0 spiro atoms. The third-order valence-corrected chi connectivity index (χ3v) is 2.13. The minimum absolute atomic E-state index is 0.201. The Balaban J connectivity index is 3.32. The van der Waals surface area contributed by atoms with Crippen molar-refractivity contribution in [2.75, 3.05) is 14.2 Å². The monoisotopic (exact) mass is 213 g/mol. The number of nitrogens with one attached hydrogen (secondary N) is 1. The highest BCUT2D eigenvalue weighted by atomic mass is 35.5. The third-order valence-electron chi connectivity index (χ3n) is 1.92. The number of benzene rings is 1. The van der Waals surface area contributed by atoms with E-state index in [9.17, 15) is 4.79 Å². The summed E-state index contributed by atoms with van der Waals surface area (Å²) in [5.74, 6) is 0.362. The Labute approximate surface area is 88.0 Å². The van der Waals surface area contributed by atoms with Crippen LogP contribution in [0.15, 0.2) is 12.1 Å². The average molecular weight is 214 g/mol. The summed E-state index contributed by atoms with van der Waals surface area (Å²) >= 11 is 5.84. The molecule has 76 valence electrons. The average Bonchev–Trinajstić information content (AvgIpc) is 2.15. The van der Waals surface area contributed by atoms with Gasteiger partial charge in [-0.3, -0.25) is 4.79 Å². The van der Waals surface area contributed by atoms with Crippen molar-refractivity contribution in [3.05, 3.63) is 28.3 Å². The molecule has 0 aromatic heterocycles. The van der Waals surface area contributed by atoms with Gasteiger partial charge in [0.2, 0.25) is 0 Å². The normalized spacial score (nSPS) is 9.71. The fourth-order valence-electron chi connectivity index (χ4n) is 1.30. The number of carbonyl (C=O) groups excluding carboxylic acids is 1. The van der Waals surface area contributed by atoms with Crippen molar-refractivity contribution >= 4 is 17.5 Å². The molecule has 0 atom stereocenters. The minimum Gasteiger partial charge on any atom is -0.496 e. The fraction of sp³-hybridized carbons (Fsp3) is 0.300. The van der Waals surface area contributed by atoms with Gasteiger partial charge in [-0.1, -0.05) is 11.6 Å². The van der Waals surface area contributed by atoms with Crippen molar-refractivity contribution in [3.8, 4) is 5.75 Å². The topological polar surface area (TPSA) is 38.3 Å². The van der Waals surface area contributed by atoms with Gasteiger partial charge in [0.1, 0.15) is 5.75 Å². The molecule has 0 saturated heterocycles. The van der Waals surface area contributed by atoms with Crippen LogP contribution < -0.4 is 10.1 Å². The number of aryl methyl sites for hydroxylation is 1. The SMILES string of the molecule is CNC(=O)c1cc(Cl)cc(C)c1OC. The van der Waals surface area contributed by atoms with E-state index in [4.69, 9.17) is 16.3 Å². The Hall–Kier alpha value is -1.22. The molecule has 3 nitrogen and oxygen atoms in total. The van der Waals surface area contributed by atoms with Gasteiger partial charge in [-0.05, 0) is 24.6 Å². The van der Waals surface area contributed by atoms with Gasteiger partial charge in [0.25, 0.3) is 5.91 Å². The van der Waals surface area contributed by atoms with Crippen LogP contribution in [0.3, 0.4) is 0 Å². The van der Waals surface area contributed by atoms with E-state index in [1.165, 1.54) is 7.11 Å². The summed E-state index contributed by atoms with van der Waals surface area (Å²) in [6, 6.07) is 3.35. The van der Waals surface area contributed by atoms with Gasteiger partial charge >= 0.3 is 0 Å². The zero-order valence-corrected chi connectivity index (χ0v) is 9.11. The summed E-state index contributed by atoms with van der Waals surface area (Å²) in [4.78, 5) is 11.4. The first kappa shape index (κ1) is 10.9. The van der Waals surface area contributed by atoms with Crippen LogP contribution in [0.2, 0.25) is 5.02 Å². The number of hydrogen-bond acceptors (Lipinski definition) is 2. The Morgan fingerprint density at radius 1 is 1.50 bits per heavy atom. The molecule has 1 aromatic rings. The molecule has 1 amide bonds. The van der Waals surface area contributed by atoms with Crippen molar-refractivity contribution in [2.24, 2.45) is 0 Å². The predicted molar refractivity (Wildman–Crippen MR) is 56.1 cm³/mol. The molecule has 0 heterocycles. The van der Waals surface area contributed by atoms with Crippen molar-refractivity contribution in [1.82, 2.24) is 5.32 Å². The smallest absolute Gasteiger partial charge is 0.254 e. The predicted octanol–water partition coefficient (Wildman–Crippen LogP) is 2.02. The standard InChI is InChI=1S/C10H12ClNO2/c1-6-4-7(11)5-8(9(6)14-3)10(13)12-2/h4-5H,1-3H3,(H,12,13). The number of hydrogen-bond donors (Lipinski definition) is 1. The molecular weight excluding hydrogens is 202 g/mol. The minimum atomic E-state index is -0.201. The van der Waals surface area contributed by atoms with Gasteiger partial charge < -0.3 is 10.1 Å². The quantitative estimate of drug-likeness (QED) is 0.816. The molecular formula is C10H12ClNO2. The lowest BCUT2D eigenvalue weighted by Crippen LogP contribution is -2.19. The number of ether oxygens (including phenoxy) is 1. The fourth-order valence-corrected chi connectivity index (χ4v) is 1.58. The van der Waals surface area contributed by atoms with Crippen molar-refractivity contribution < 1.29 is 9.53 Å². The van der Waals surface area contributed by atoms with E-state index in [1.54, 1.807) is 19.2 Å². The van der Waals surface area contributed by atoms with Crippen LogP contribution in [0, 0.1) is 6.92 Å². The molecule has 0 aliphatic heterocycles. The number of methoxy groups -OCH3 is 1. The van der Waals surface area contributed by atoms with Crippen LogP contribution in [0.4, 0.5) is 0 Å². The highest BCUT2D eigenvalue weighted by Crippen LogP contribution is 2.27. The highest BCUT2D eigenvalue weighted by Gasteiger charge is 2.13. The highest BCUT2D eigenvalue weighted by molar-refractivity contribution is 6.31. The zero-order valence-electron chi connectivity index (χ0n) is 8.35. The first-order valence-corrected chi connectivity index (χ1v) is 4.54. The van der Waals surface area contributed by atoms with Crippen LogP contribution in [-0.4, -0.2) is 20.1 Å². The van der Waals surface area contributed by atoms with Crippen LogP contribution >= 0.6 is 11.6 Å². The second-order valence-corrected chi connectivity index (χ2v) is 3.32. The molecule has 0 radical (unpaired) electrons. The Morgan fingerprint density at radius 3 is 2.64 bits per heavy atom. The van der Waals surface area contributed by atoms with Gasteiger partial charge in [-0.15, -0.1) is 0 Å². The molecule has 0 saturated carbocycles. The largest absolute Gasteiger partial charge is 0.496 e. The van der Waals surface area contributed by atoms with Gasteiger partial charge in [-0.25, -0.2) is 0 Å². The van der Waals surface area contributed by atoms with E-state index in [0.717, 1.165) is 5.56 Å². The molecule has 1 N–H and O–H groups in total. The first-order valence-electron chi connectivity index (χ1n) is 4.16. The number of amides is 1. The van der Waals surface area contributed by atoms with Crippen molar-refractivity contribution in [2.45, 2.75) is 6.92 Å². The Morgan fingerprint density at radius 2 is 2.14 bits per heavy atom. The first-order chi connectivity index (χ1) is 6.60. The van der Waals surface area contributed by atoms with Crippen LogP contribution in [-0.2, 0) is 0 Å². The molecule has 0 bridgehead atoms. The van der Waals surface area contributed by atoms with Gasteiger partial charge in [0.05, 0.1) is 12.7 Å². The maximum absolute atomic E-state index is 11.4. The third kappa shape index (κ3) is 1.99. The van der Waals surface area contributed by atoms with Gasteiger partial charge in [-0.2, -0.15) is 0 Å². The maximum atomic E-state index is 11.4. The molecule has 0 aliphatic rings. The van der Waals surface area contributed by atoms with Crippen LogP contribution in [0.5, 0.6) is 5.75 Å². The summed E-state index contributed by atoms with van der Waals surface area (Å²) in [5.41, 5.74) is 1.30. The van der Waals surface area contributed by atoms with E-state index in [-0.39, 0.29) is 5.91 Å². The lowest BCUT2D eigenvalue weighted by atomic mass is 10.1. The van der Waals surface area contributed by atoms with Crippen molar-refractivity contribution in [3.63, 3.8) is 0 Å². The summed E-state index contributed by atoms with van der Waals surface area (Å²) in [6.07, 6.45) is 0. The molecule has 0 unspecified atom stereocenters. The summed E-state index contributed by atoms with van der Waals surface area (Å²) in [7, 11) is 3.10. The van der Waals surface area contributed by atoms with E-state index >= 15 is 0 Å². The van der Waals surface area contributed by atoms with E-state index in [2.05, 4.69) is 5.32 Å². The van der Waals surface area contributed by atoms with E-state index in [0.29, 0.717) is 16.3 Å². The van der Waals surface area contributed by atoms with Crippen LogP contribution in [0.1, 0.15) is 15.9 Å². The number of rotatable bonds is 2. The zero-order chi connectivity index (χ0) is 10.7. The molecule has 14 heavy (non-hydrogen) atoms. The van der Waals surface area contributed by atoms with Gasteiger partial charge in [0.15, 0.2) is 0 Å². The maximum Gasteiger partial charge on any atom is 0.254 e. The molecule has 1 aromatic carbocycles. The van der Waals surface area contributed by atoms with E-state index < -0.39 is 0 Å². The molecule has 4 heteroatoms. The molecule has 1 rings (SSSR count). The summed E-state index contributed by atoms with van der Waals surface area (Å²) in [5, 5.41) is 3.06. The lowest BCUT2D eigenvalue weighted by Gasteiger charge is -2.10. The number of carbonyl (C=O) groups is 1. The second kappa shape index (κ2) is 4.33. The second-order valence-electron chi connectivity index (χ2n) is 2.88. The van der Waals surface area contributed by atoms with Crippen molar-refractivity contribution in [1.29, 1.82) is 0 Å². The Kier molecular flexibility index (Phi) is 3.36. The van der Waals surface area contributed by atoms with Gasteiger partial charge in [0, 0.05) is 12.1 Å². The molecule has 0 aliphatic carbocycles. The molecule has 0 fully saturated rings. The number of halogens is 1. The van der Waals surface area contributed by atoms with Crippen LogP contribution in [0.25, 0.3) is 0 Å². The lowest BCUT2D eigenvalue weighted by molar-refractivity contribution is 0.0960. The van der Waals surface area contributed by atoms with E-state index in [1.807, 2.05) is 6.92 Å².